The lowest BCUT2D eigenvalue weighted by Gasteiger charge is -2.04. The normalized spacial score (nSPS) is 10.8. The third-order valence-corrected chi connectivity index (χ3v) is 3.53. The molecule has 1 aromatic carbocycles. The molecular formula is C15H15NOS. The van der Waals surface area contributed by atoms with Crippen LogP contribution in [0.25, 0.3) is 6.08 Å². The third-order valence-electron chi connectivity index (χ3n) is 2.56. The van der Waals surface area contributed by atoms with E-state index in [1.54, 1.807) is 17.4 Å². The van der Waals surface area contributed by atoms with Gasteiger partial charge in [-0.2, -0.15) is 0 Å². The molecule has 1 N–H and O–H groups in total. The van der Waals surface area contributed by atoms with Crippen LogP contribution < -0.4 is 5.32 Å². The molecule has 0 aliphatic rings. The highest BCUT2D eigenvalue weighted by atomic mass is 32.1. The Morgan fingerprint density at radius 3 is 2.61 bits per heavy atom. The summed E-state index contributed by atoms with van der Waals surface area (Å²) in [6, 6.07) is 11.8. The molecule has 2 aromatic rings. The number of rotatable bonds is 3. The number of benzene rings is 1. The average Bonchev–Trinajstić information content (AvgIpc) is 2.76. The summed E-state index contributed by atoms with van der Waals surface area (Å²) in [7, 11) is 0. The molecule has 3 heteroatoms. The van der Waals surface area contributed by atoms with Gasteiger partial charge >= 0.3 is 0 Å². The van der Waals surface area contributed by atoms with Crippen molar-refractivity contribution in [2.24, 2.45) is 0 Å². The molecule has 0 fully saturated rings. The maximum Gasteiger partial charge on any atom is 0.248 e. The molecule has 0 aliphatic carbocycles. The summed E-state index contributed by atoms with van der Waals surface area (Å²) in [5.74, 6) is -0.102. The summed E-state index contributed by atoms with van der Waals surface area (Å²) < 4.78 is 0. The first-order valence-corrected chi connectivity index (χ1v) is 6.58. The number of amides is 1. The van der Waals surface area contributed by atoms with Crippen LogP contribution in [0, 0.1) is 13.8 Å². The van der Waals surface area contributed by atoms with Crippen LogP contribution in [0.3, 0.4) is 0 Å². The number of carbonyl (C=O) groups excluding carboxylic acids is 1. The second-order valence-corrected chi connectivity index (χ2v) is 5.41. The van der Waals surface area contributed by atoms with Crippen LogP contribution in [0.1, 0.15) is 15.3 Å². The van der Waals surface area contributed by atoms with Crippen molar-refractivity contribution < 1.29 is 4.79 Å². The molecule has 0 aliphatic heterocycles. The molecule has 2 rings (SSSR count). The molecule has 1 aromatic heterocycles. The Kier molecular flexibility index (Phi) is 3.95. The summed E-state index contributed by atoms with van der Waals surface area (Å²) in [5.41, 5.74) is 1.92. The van der Waals surface area contributed by atoms with E-state index in [0.717, 1.165) is 16.1 Å². The van der Waals surface area contributed by atoms with E-state index in [2.05, 4.69) is 12.2 Å². The zero-order valence-electron chi connectivity index (χ0n) is 10.4. The second-order valence-electron chi connectivity index (χ2n) is 4.09. The smallest absolute Gasteiger partial charge is 0.248 e. The molecule has 18 heavy (non-hydrogen) atoms. The number of hydrogen-bond donors (Lipinski definition) is 1. The molecule has 2 nitrogen and oxygen atoms in total. The lowest BCUT2D eigenvalue weighted by molar-refractivity contribution is -0.111. The lowest BCUT2D eigenvalue weighted by Crippen LogP contribution is -2.08. The van der Waals surface area contributed by atoms with Gasteiger partial charge in [0.05, 0.1) is 0 Å². The van der Waals surface area contributed by atoms with E-state index in [-0.39, 0.29) is 5.91 Å². The minimum absolute atomic E-state index is 0.102. The number of anilines is 1. The van der Waals surface area contributed by atoms with Gasteiger partial charge in [0.25, 0.3) is 0 Å². The largest absolute Gasteiger partial charge is 0.322 e. The van der Waals surface area contributed by atoms with Crippen LogP contribution in [0.4, 0.5) is 5.69 Å². The molecule has 0 unspecified atom stereocenters. The second kappa shape index (κ2) is 5.65. The van der Waals surface area contributed by atoms with Crippen LogP contribution in [-0.4, -0.2) is 5.91 Å². The average molecular weight is 257 g/mol. The monoisotopic (exact) mass is 257 g/mol. The fraction of sp³-hybridized carbons (Fsp3) is 0.133. The van der Waals surface area contributed by atoms with Crippen molar-refractivity contribution in [2.75, 3.05) is 5.32 Å². The Morgan fingerprint density at radius 2 is 1.94 bits per heavy atom. The molecule has 0 saturated carbocycles. The van der Waals surface area contributed by atoms with Crippen LogP contribution in [0.15, 0.2) is 42.5 Å². The maximum atomic E-state index is 11.8. The first-order valence-electron chi connectivity index (χ1n) is 5.76. The first kappa shape index (κ1) is 12.6. The molecule has 1 heterocycles. The van der Waals surface area contributed by atoms with Crippen molar-refractivity contribution in [3.63, 3.8) is 0 Å². The molecule has 0 radical (unpaired) electrons. The highest BCUT2D eigenvalue weighted by Gasteiger charge is 2.00. The van der Waals surface area contributed by atoms with Gasteiger partial charge in [-0.3, -0.25) is 4.79 Å². The number of aryl methyl sites for hydroxylation is 2. The van der Waals surface area contributed by atoms with Crippen LogP contribution in [-0.2, 0) is 4.79 Å². The van der Waals surface area contributed by atoms with Crippen molar-refractivity contribution in [1.82, 2.24) is 0 Å². The van der Waals surface area contributed by atoms with Gasteiger partial charge in [-0.25, -0.2) is 0 Å². The van der Waals surface area contributed by atoms with E-state index in [0.29, 0.717) is 0 Å². The molecular weight excluding hydrogens is 242 g/mol. The third kappa shape index (κ3) is 3.31. The van der Waals surface area contributed by atoms with E-state index >= 15 is 0 Å². The SMILES string of the molecule is Cc1ccc(/C=C/C(=O)Nc2ccccc2C)s1. The zero-order valence-corrected chi connectivity index (χ0v) is 11.3. The zero-order chi connectivity index (χ0) is 13.0. The van der Waals surface area contributed by atoms with Gasteiger partial charge in [0.1, 0.15) is 0 Å². The summed E-state index contributed by atoms with van der Waals surface area (Å²) in [6.45, 7) is 4.03. The summed E-state index contributed by atoms with van der Waals surface area (Å²) in [6.07, 6.45) is 3.41. The number of para-hydroxylation sites is 1. The van der Waals surface area contributed by atoms with E-state index in [1.165, 1.54) is 4.88 Å². The standard InChI is InChI=1S/C15H15NOS/c1-11-5-3-4-6-14(11)16-15(17)10-9-13-8-7-12(2)18-13/h3-10H,1-2H3,(H,16,17)/b10-9+. The Bertz CT molecular complexity index is 584. The topological polar surface area (TPSA) is 29.1 Å². The van der Waals surface area contributed by atoms with Gasteiger partial charge in [-0.1, -0.05) is 18.2 Å². The van der Waals surface area contributed by atoms with Crippen LogP contribution >= 0.6 is 11.3 Å². The predicted molar refractivity (Wildman–Crippen MR) is 77.9 cm³/mol. The number of hydrogen-bond acceptors (Lipinski definition) is 2. The van der Waals surface area contributed by atoms with Gasteiger partial charge < -0.3 is 5.32 Å². The quantitative estimate of drug-likeness (QED) is 0.827. The Hall–Kier alpha value is -1.87. The molecule has 0 spiro atoms. The fourth-order valence-electron chi connectivity index (χ4n) is 1.59. The lowest BCUT2D eigenvalue weighted by atomic mass is 10.2. The molecule has 92 valence electrons. The van der Waals surface area contributed by atoms with E-state index in [1.807, 2.05) is 49.4 Å². The van der Waals surface area contributed by atoms with Crippen molar-refractivity contribution in [1.29, 1.82) is 0 Å². The van der Waals surface area contributed by atoms with Crippen molar-refractivity contribution in [3.8, 4) is 0 Å². The Morgan fingerprint density at radius 1 is 1.17 bits per heavy atom. The molecule has 0 atom stereocenters. The minimum Gasteiger partial charge on any atom is -0.322 e. The molecule has 0 bridgehead atoms. The van der Waals surface area contributed by atoms with E-state index in [4.69, 9.17) is 0 Å². The van der Waals surface area contributed by atoms with Crippen molar-refractivity contribution in [2.45, 2.75) is 13.8 Å². The van der Waals surface area contributed by atoms with Crippen molar-refractivity contribution in [3.05, 3.63) is 57.8 Å². The Balaban J connectivity index is 2.01. The summed E-state index contributed by atoms with van der Waals surface area (Å²) in [5, 5.41) is 2.87. The highest BCUT2D eigenvalue weighted by molar-refractivity contribution is 7.12. The summed E-state index contributed by atoms with van der Waals surface area (Å²) >= 11 is 1.67. The first-order chi connectivity index (χ1) is 8.65. The van der Waals surface area contributed by atoms with Gasteiger partial charge in [0, 0.05) is 21.5 Å². The van der Waals surface area contributed by atoms with Gasteiger partial charge in [0.2, 0.25) is 5.91 Å². The molecule has 0 saturated heterocycles. The van der Waals surface area contributed by atoms with E-state index in [9.17, 15) is 4.79 Å². The molecule has 1 amide bonds. The maximum absolute atomic E-state index is 11.8. The number of carbonyl (C=O) groups is 1. The summed E-state index contributed by atoms with van der Waals surface area (Å²) in [4.78, 5) is 14.1. The fourth-order valence-corrected chi connectivity index (χ4v) is 2.37. The highest BCUT2D eigenvalue weighted by Crippen LogP contribution is 2.17. The van der Waals surface area contributed by atoms with E-state index < -0.39 is 0 Å². The van der Waals surface area contributed by atoms with Crippen LogP contribution in [0.2, 0.25) is 0 Å². The van der Waals surface area contributed by atoms with Gasteiger partial charge in [-0.15, -0.1) is 11.3 Å². The van der Waals surface area contributed by atoms with Gasteiger partial charge in [-0.05, 0) is 43.7 Å². The predicted octanol–water partition coefficient (Wildman–Crippen LogP) is 4.02. The van der Waals surface area contributed by atoms with Crippen LogP contribution in [0.5, 0.6) is 0 Å². The minimum atomic E-state index is -0.102. The Labute approximate surface area is 111 Å². The number of nitrogens with one attached hydrogen (secondary N) is 1. The number of thiophene rings is 1. The van der Waals surface area contributed by atoms with Gasteiger partial charge in [0.15, 0.2) is 0 Å². The van der Waals surface area contributed by atoms with Crippen molar-refractivity contribution >= 4 is 29.0 Å².